The molecule has 0 aliphatic rings. The van der Waals surface area contributed by atoms with Crippen LogP contribution in [0, 0.1) is 6.92 Å². The second-order valence-corrected chi connectivity index (χ2v) is 3.81. The number of nitrogens with zero attached hydrogens (tertiary/aromatic N) is 2. The molecule has 0 radical (unpaired) electrons. The number of benzene rings is 1. The average Bonchev–Trinajstić information content (AvgIpc) is 2.68. The summed E-state index contributed by atoms with van der Waals surface area (Å²) >= 11 is 0. The lowest BCUT2D eigenvalue weighted by Crippen LogP contribution is -2.16. The summed E-state index contributed by atoms with van der Waals surface area (Å²) in [5.41, 5.74) is 6.67. The highest BCUT2D eigenvalue weighted by molar-refractivity contribution is 5.97. The maximum atomic E-state index is 12.1. The number of hydrogen-bond donors (Lipinski definition) is 2. The van der Waals surface area contributed by atoms with Crippen LogP contribution in [0.4, 0.5) is 5.82 Å². The molecule has 6 nitrogen and oxygen atoms in total. The van der Waals surface area contributed by atoms with Crippen molar-refractivity contribution < 1.29 is 14.6 Å². The number of nitrogens with two attached hydrogens (primary N) is 1. The van der Waals surface area contributed by atoms with Crippen LogP contribution in [0.15, 0.2) is 24.3 Å². The van der Waals surface area contributed by atoms with Gasteiger partial charge in [-0.25, -0.2) is 0 Å². The second kappa shape index (κ2) is 4.40. The monoisotopic (exact) mass is 247 g/mol. The lowest BCUT2D eigenvalue weighted by molar-refractivity contribution is 0.0947. The number of carbonyl (C=O) groups is 1. The lowest BCUT2D eigenvalue weighted by Gasteiger charge is -2.06. The van der Waals surface area contributed by atoms with Gasteiger partial charge >= 0.3 is 0 Å². The van der Waals surface area contributed by atoms with Gasteiger partial charge in [-0.3, -0.25) is 4.79 Å². The van der Waals surface area contributed by atoms with E-state index in [9.17, 15) is 9.90 Å². The molecular weight excluding hydrogens is 234 g/mol. The van der Waals surface area contributed by atoms with Crippen LogP contribution in [-0.2, 0) is 0 Å². The molecule has 18 heavy (non-hydrogen) atoms. The van der Waals surface area contributed by atoms with Gasteiger partial charge in [0.15, 0.2) is 11.5 Å². The van der Waals surface area contributed by atoms with Crippen molar-refractivity contribution in [1.29, 1.82) is 0 Å². The Labute approximate surface area is 104 Å². The largest absolute Gasteiger partial charge is 0.504 e. The molecule has 0 bridgehead atoms. The second-order valence-electron chi connectivity index (χ2n) is 3.81. The molecule has 0 unspecified atom stereocenters. The van der Waals surface area contributed by atoms with Crippen molar-refractivity contribution in [2.24, 2.45) is 0 Å². The van der Waals surface area contributed by atoms with Crippen LogP contribution >= 0.6 is 0 Å². The van der Waals surface area contributed by atoms with Crippen molar-refractivity contribution >= 4 is 11.7 Å². The fraction of sp³-hybridized carbons (Fsp3) is 0.167. The Balaban J connectivity index is 2.43. The number of carbonyl (C=O) groups excluding carboxylic acids is 1. The van der Waals surface area contributed by atoms with E-state index in [0.29, 0.717) is 11.3 Å². The van der Waals surface area contributed by atoms with E-state index in [1.807, 2.05) is 0 Å². The van der Waals surface area contributed by atoms with E-state index in [1.54, 1.807) is 13.0 Å². The molecule has 0 fully saturated rings. The molecule has 1 aromatic heterocycles. The molecular formula is C12H13N3O3. The van der Waals surface area contributed by atoms with Crippen LogP contribution in [0.1, 0.15) is 16.1 Å². The summed E-state index contributed by atoms with van der Waals surface area (Å²) < 4.78 is 6.06. The topological polar surface area (TPSA) is 90.4 Å². The Morgan fingerprint density at radius 1 is 1.44 bits per heavy atom. The van der Waals surface area contributed by atoms with Crippen LogP contribution < -0.4 is 10.5 Å². The van der Waals surface area contributed by atoms with E-state index >= 15 is 0 Å². The van der Waals surface area contributed by atoms with Crippen LogP contribution in [-0.4, -0.2) is 27.9 Å². The lowest BCUT2D eigenvalue weighted by atomic mass is 10.2. The highest BCUT2D eigenvalue weighted by atomic mass is 16.5. The number of aromatic hydroxyl groups is 1. The summed E-state index contributed by atoms with van der Waals surface area (Å²) in [5, 5.41) is 13.5. The number of phenols is 1. The molecule has 0 saturated carbocycles. The maximum absolute atomic E-state index is 12.1. The standard InChI is InChI=1S/C12H13N3O3/c1-7-5-11(13)15(14-7)12(17)8-3-4-9(16)10(6-8)18-2/h3-6,16H,13H2,1-2H3. The molecule has 0 aliphatic carbocycles. The average molecular weight is 247 g/mol. The fourth-order valence-electron chi connectivity index (χ4n) is 1.62. The van der Waals surface area contributed by atoms with Crippen molar-refractivity contribution in [3.05, 3.63) is 35.5 Å². The summed E-state index contributed by atoms with van der Waals surface area (Å²) in [6.45, 7) is 1.75. The molecule has 3 N–H and O–H groups in total. The van der Waals surface area contributed by atoms with E-state index in [1.165, 1.54) is 25.3 Å². The molecule has 94 valence electrons. The molecule has 2 rings (SSSR count). The van der Waals surface area contributed by atoms with Crippen molar-refractivity contribution in [3.8, 4) is 11.5 Å². The van der Waals surface area contributed by atoms with Crippen molar-refractivity contribution in [1.82, 2.24) is 9.78 Å². The molecule has 2 aromatic rings. The zero-order chi connectivity index (χ0) is 13.3. The first-order valence-corrected chi connectivity index (χ1v) is 5.26. The van der Waals surface area contributed by atoms with Gasteiger partial charge in [-0.1, -0.05) is 0 Å². The third-order valence-electron chi connectivity index (χ3n) is 2.48. The van der Waals surface area contributed by atoms with E-state index in [-0.39, 0.29) is 23.2 Å². The van der Waals surface area contributed by atoms with E-state index in [4.69, 9.17) is 10.5 Å². The minimum Gasteiger partial charge on any atom is -0.504 e. The smallest absolute Gasteiger partial charge is 0.280 e. The van der Waals surface area contributed by atoms with Crippen LogP contribution in [0.2, 0.25) is 0 Å². The summed E-state index contributed by atoms with van der Waals surface area (Å²) in [4.78, 5) is 12.1. The fourth-order valence-corrected chi connectivity index (χ4v) is 1.62. The molecule has 6 heteroatoms. The van der Waals surface area contributed by atoms with Gasteiger partial charge in [0.05, 0.1) is 12.8 Å². The van der Waals surface area contributed by atoms with E-state index in [0.717, 1.165) is 4.68 Å². The number of nitrogen functional groups attached to an aromatic ring is 1. The number of methoxy groups -OCH3 is 1. The van der Waals surface area contributed by atoms with Gasteiger partial charge in [0.1, 0.15) is 5.82 Å². The molecule has 1 heterocycles. The highest BCUT2D eigenvalue weighted by Crippen LogP contribution is 2.26. The number of rotatable bonds is 2. The van der Waals surface area contributed by atoms with Gasteiger partial charge in [-0.05, 0) is 25.1 Å². The Hall–Kier alpha value is -2.50. The Bertz CT molecular complexity index is 605. The molecule has 0 spiro atoms. The van der Waals surface area contributed by atoms with Gasteiger partial charge in [0, 0.05) is 11.6 Å². The first kappa shape index (κ1) is 12.0. The summed E-state index contributed by atoms with van der Waals surface area (Å²) in [6, 6.07) is 5.92. The van der Waals surface area contributed by atoms with Crippen LogP contribution in [0.25, 0.3) is 0 Å². The van der Waals surface area contributed by atoms with Crippen LogP contribution in [0.3, 0.4) is 0 Å². The summed E-state index contributed by atoms with van der Waals surface area (Å²) in [7, 11) is 1.41. The minimum atomic E-state index is -0.376. The first-order valence-electron chi connectivity index (χ1n) is 5.26. The van der Waals surface area contributed by atoms with Gasteiger partial charge in [0.2, 0.25) is 0 Å². The molecule has 0 aliphatic heterocycles. The minimum absolute atomic E-state index is 0.0290. The zero-order valence-corrected chi connectivity index (χ0v) is 10.0. The SMILES string of the molecule is COc1cc(C(=O)n2nc(C)cc2N)ccc1O. The normalized spacial score (nSPS) is 10.3. The number of anilines is 1. The van der Waals surface area contributed by atoms with Gasteiger partial charge in [-0.2, -0.15) is 9.78 Å². The number of aryl methyl sites for hydroxylation is 1. The maximum Gasteiger partial charge on any atom is 0.280 e. The zero-order valence-electron chi connectivity index (χ0n) is 10.0. The first-order chi connectivity index (χ1) is 8.52. The number of phenolic OH excluding ortho intramolecular Hbond substituents is 1. The molecule has 1 aromatic carbocycles. The Kier molecular flexibility index (Phi) is 2.93. The van der Waals surface area contributed by atoms with Crippen molar-refractivity contribution in [2.45, 2.75) is 6.92 Å². The summed E-state index contributed by atoms with van der Waals surface area (Å²) in [5.74, 6) is 0.0883. The highest BCUT2D eigenvalue weighted by Gasteiger charge is 2.15. The molecule has 0 saturated heterocycles. The van der Waals surface area contributed by atoms with Gasteiger partial charge < -0.3 is 15.6 Å². The predicted octanol–water partition coefficient (Wildman–Crippen LogP) is 1.18. The molecule has 0 amide bonds. The van der Waals surface area contributed by atoms with E-state index < -0.39 is 0 Å². The number of ether oxygens (including phenoxy) is 1. The quantitative estimate of drug-likeness (QED) is 0.831. The van der Waals surface area contributed by atoms with Crippen molar-refractivity contribution in [2.75, 3.05) is 12.8 Å². The van der Waals surface area contributed by atoms with Gasteiger partial charge in [-0.15, -0.1) is 0 Å². The molecule has 0 atom stereocenters. The summed E-state index contributed by atoms with van der Waals surface area (Å²) in [6.07, 6.45) is 0. The predicted molar refractivity (Wildman–Crippen MR) is 65.8 cm³/mol. The van der Waals surface area contributed by atoms with Crippen LogP contribution in [0.5, 0.6) is 11.5 Å². The Morgan fingerprint density at radius 3 is 2.72 bits per heavy atom. The number of aromatic nitrogens is 2. The van der Waals surface area contributed by atoms with Gasteiger partial charge in [0.25, 0.3) is 5.91 Å². The Morgan fingerprint density at radius 2 is 2.17 bits per heavy atom. The third-order valence-corrected chi connectivity index (χ3v) is 2.48. The van der Waals surface area contributed by atoms with Crippen molar-refractivity contribution in [3.63, 3.8) is 0 Å². The third kappa shape index (κ3) is 2.00. The number of hydrogen-bond acceptors (Lipinski definition) is 5. The van der Waals surface area contributed by atoms with E-state index in [2.05, 4.69) is 5.10 Å².